The molecule has 10 heteroatoms. The monoisotopic (exact) mass is 449 g/mol. The molecule has 4 atom stereocenters. The number of hydrogen-bond acceptors (Lipinski definition) is 6. The molecule has 170 valence electrons. The van der Waals surface area contributed by atoms with Gasteiger partial charge in [0.2, 0.25) is 0 Å². The molecule has 0 unspecified atom stereocenters. The van der Waals surface area contributed by atoms with E-state index in [0.29, 0.717) is 0 Å². The molecule has 1 fully saturated rings. The molecule has 33 heavy (non-hydrogen) atoms. The van der Waals surface area contributed by atoms with E-state index in [1.165, 1.54) is 16.8 Å². The van der Waals surface area contributed by atoms with Crippen molar-refractivity contribution in [3.63, 3.8) is 0 Å². The summed E-state index contributed by atoms with van der Waals surface area (Å²) in [5.74, 6) is 0. The van der Waals surface area contributed by atoms with Crippen molar-refractivity contribution in [1.29, 1.82) is 0 Å². The number of azide groups is 1. The van der Waals surface area contributed by atoms with Crippen molar-refractivity contribution in [2.24, 2.45) is 5.11 Å². The van der Waals surface area contributed by atoms with Crippen LogP contribution in [0.4, 0.5) is 0 Å². The molecule has 3 aromatic rings. The fourth-order valence-electron chi connectivity index (χ4n) is 3.74. The van der Waals surface area contributed by atoms with E-state index >= 15 is 0 Å². The van der Waals surface area contributed by atoms with Gasteiger partial charge in [0.15, 0.2) is 6.23 Å². The molecule has 2 aromatic carbocycles. The van der Waals surface area contributed by atoms with Gasteiger partial charge in [0.25, 0.3) is 5.56 Å². The van der Waals surface area contributed by atoms with Crippen molar-refractivity contribution in [2.75, 3.05) is 6.54 Å². The topological polar surface area (TPSA) is 131 Å². The lowest BCUT2D eigenvalue weighted by Crippen LogP contribution is -2.40. The predicted molar refractivity (Wildman–Crippen MR) is 119 cm³/mol. The van der Waals surface area contributed by atoms with Gasteiger partial charge in [-0.05, 0) is 16.7 Å². The summed E-state index contributed by atoms with van der Waals surface area (Å²) in [6.07, 6.45) is -1.54. The predicted octanol–water partition coefficient (Wildman–Crippen LogP) is 2.92. The van der Waals surface area contributed by atoms with E-state index < -0.39 is 35.8 Å². The first-order chi connectivity index (χ1) is 16.2. The molecule has 1 aromatic heterocycles. The summed E-state index contributed by atoms with van der Waals surface area (Å²) >= 11 is 0. The van der Waals surface area contributed by atoms with Gasteiger partial charge in [-0.25, -0.2) is 4.79 Å². The Kier molecular flexibility index (Phi) is 7.33. The zero-order valence-electron chi connectivity index (χ0n) is 17.7. The Morgan fingerprint density at radius 2 is 1.55 bits per heavy atom. The molecule has 1 N–H and O–H groups in total. The summed E-state index contributed by atoms with van der Waals surface area (Å²) in [5.41, 5.74) is 9.57. The summed E-state index contributed by atoms with van der Waals surface area (Å²) in [6.45, 7) is 0.527. The van der Waals surface area contributed by atoms with E-state index in [0.717, 1.165) is 11.1 Å². The lowest BCUT2D eigenvalue weighted by molar-refractivity contribution is -0.0912. The second-order valence-corrected chi connectivity index (χ2v) is 7.52. The number of H-pyrrole nitrogens is 1. The zero-order valence-corrected chi connectivity index (χ0v) is 17.7. The van der Waals surface area contributed by atoms with E-state index in [1.54, 1.807) is 0 Å². The van der Waals surface area contributed by atoms with Crippen LogP contribution in [0.3, 0.4) is 0 Å². The van der Waals surface area contributed by atoms with Gasteiger partial charge in [-0.15, -0.1) is 0 Å². The van der Waals surface area contributed by atoms with E-state index in [4.69, 9.17) is 19.7 Å². The first-order valence-corrected chi connectivity index (χ1v) is 10.4. The average Bonchev–Trinajstić information content (AvgIpc) is 3.18. The van der Waals surface area contributed by atoms with Crippen molar-refractivity contribution >= 4 is 0 Å². The Morgan fingerprint density at radius 1 is 0.939 bits per heavy atom. The number of hydrogen-bond donors (Lipinski definition) is 1. The molecule has 2 heterocycles. The molecule has 0 bridgehead atoms. The number of aromatic nitrogens is 2. The minimum Gasteiger partial charge on any atom is -0.368 e. The average molecular weight is 449 g/mol. The van der Waals surface area contributed by atoms with Crippen LogP contribution in [-0.4, -0.2) is 34.4 Å². The Hall–Kier alpha value is -3.69. The number of nitrogens with zero attached hydrogens (tertiary/aromatic N) is 4. The first kappa shape index (κ1) is 22.5. The molecule has 0 saturated carbocycles. The van der Waals surface area contributed by atoms with Gasteiger partial charge in [-0.2, -0.15) is 0 Å². The molecule has 1 aliphatic heterocycles. The second-order valence-electron chi connectivity index (χ2n) is 7.52. The SMILES string of the molecule is [N-]=[N+]=NC[C@H]1O[C@@H](n2ccc(=O)[nH]c2=O)[C@H](OCc2ccccc2)[C@@H]1OCc1ccccc1. The number of nitrogens with one attached hydrogen (secondary N) is 1. The largest absolute Gasteiger partial charge is 0.368 e. The first-order valence-electron chi connectivity index (χ1n) is 10.4. The van der Waals surface area contributed by atoms with Crippen molar-refractivity contribution in [1.82, 2.24) is 9.55 Å². The Bertz CT molecular complexity index is 1210. The maximum atomic E-state index is 12.5. The van der Waals surface area contributed by atoms with Gasteiger partial charge >= 0.3 is 5.69 Å². The number of ether oxygens (including phenoxy) is 3. The number of rotatable bonds is 9. The highest BCUT2D eigenvalue weighted by Gasteiger charge is 2.47. The van der Waals surface area contributed by atoms with E-state index in [2.05, 4.69) is 15.0 Å². The van der Waals surface area contributed by atoms with Crippen molar-refractivity contribution in [3.05, 3.63) is 115 Å². The van der Waals surface area contributed by atoms with Gasteiger partial charge in [0.05, 0.1) is 25.9 Å². The van der Waals surface area contributed by atoms with Crippen LogP contribution in [0.15, 0.2) is 87.6 Å². The van der Waals surface area contributed by atoms with Gasteiger partial charge in [0.1, 0.15) is 12.2 Å². The Labute approximate surface area is 189 Å². The van der Waals surface area contributed by atoms with E-state index in [-0.39, 0.29) is 19.8 Å². The van der Waals surface area contributed by atoms with Gasteiger partial charge in [0, 0.05) is 17.2 Å². The quantitative estimate of drug-likeness (QED) is 0.305. The van der Waals surface area contributed by atoms with Crippen LogP contribution in [-0.2, 0) is 27.4 Å². The van der Waals surface area contributed by atoms with Gasteiger partial charge < -0.3 is 14.2 Å². The van der Waals surface area contributed by atoms with Crippen LogP contribution in [0, 0.1) is 0 Å². The number of benzene rings is 2. The van der Waals surface area contributed by atoms with Crippen LogP contribution in [0.25, 0.3) is 10.4 Å². The third-order valence-electron chi connectivity index (χ3n) is 5.31. The third-order valence-corrected chi connectivity index (χ3v) is 5.31. The maximum Gasteiger partial charge on any atom is 0.330 e. The van der Waals surface area contributed by atoms with Crippen LogP contribution in [0.1, 0.15) is 17.4 Å². The van der Waals surface area contributed by atoms with Crippen molar-refractivity contribution < 1.29 is 14.2 Å². The summed E-state index contributed by atoms with van der Waals surface area (Å²) in [4.78, 5) is 29.1. The number of aromatic amines is 1. The lowest BCUT2D eigenvalue weighted by atomic mass is 10.1. The smallest absolute Gasteiger partial charge is 0.330 e. The normalized spacial score (nSPS) is 22.1. The Balaban J connectivity index is 1.64. The molecule has 0 aliphatic carbocycles. The molecule has 0 spiro atoms. The van der Waals surface area contributed by atoms with Crippen LogP contribution < -0.4 is 11.2 Å². The van der Waals surface area contributed by atoms with Gasteiger partial charge in [-0.3, -0.25) is 14.3 Å². The zero-order chi connectivity index (χ0) is 23.0. The summed E-state index contributed by atoms with van der Waals surface area (Å²) in [6, 6.07) is 20.4. The van der Waals surface area contributed by atoms with Crippen molar-refractivity contribution in [3.8, 4) is 0 Å². The summed E-state index contributed by atoms with van der Waals surface area (Å²) in [7, 11) is 0. The highest BCUT2D eigenvalue weighted by molar-refractivity contribution is 5.14. The fourth-order valence-corrected chi connectivity index (χ4v) is 3.74. The molecule has 1 aliphatic rings. The lowest BCUT2D eigenvalue weighted by Gasteiger charge is -2.25. The van der Waals surface area contributed by atoms with E-state index in [9.17, 15) is 9.59 Å². The molecular formula is C23H23N5O5. The molecule has 10 nitrogen and oxygen atoms in total. The van der Waals surface area contributed by atoms with Crippen LogP contribution >= 0.6 is 0 Å². The second kappa shape index (κ2) is 10.8. The summed E-state index contributed by atoms with van der Waals surface area (Å²) in [5, 5.41) is 3.65. The third kappa shape index (κ3) is 5.57. The van der Waals surface area contributed by atoms with Crippen LogP contribution in [0.2, 0.25) is 0 Å². The molecule has 4 rings (SSSR count). The highest BCUT2D eigenvalue weighted by Crippen LogP contribution is 2.34. The van der Waals surface area contributed by atoms with Gasteiger partial charge in [-0.1, -0.05) is 65.8 Å². The Morgan fingerprint density at radius 3 is 2.12 bits per heavy atom. The fraction of sp³-hybridized carbons (Fsp3) is 0.304. The van der Waals surface area contributed by atoms with Crippen molar-refractivity contribution in [2.45, 2.75) is 37.8 Å². The highest BCUT2D eigenvalue weighted by atomic mass is 16.6. The molecule has 1 saturated heterocycles. The van der Waals surface area contributed by atoms with E-state index in [1.807, 2.05) is 60.7 Å². The standard InChI is InChI=1S/C23H23N5O5/c24-27-25-13-18-20(31-14-16-7-3-1-4-8-16)21(32-15-17-9-5-2-6-10-17)22(33-18)28-12-11-19(29)26-23(28)30/h1-12,18,20-22H,13-15H2,(H,26,29,30)/t18-,20-,21-,22-/m1/s1. The minimum absolute atomic E-state index is 0.00421. The molecular weight excluding hydrogens is 426 g/mol. The molecule has 0 amide bonds. The maximum absolute atomic E-state index is 12.5. The van der Waals surface area contributed by atoms with Crippen LogP contribution in [0.5, 0.6) is 0 Å². The minimum atomic E-state index is -0.891. The summed E-state index contributed by atoms with van der Waals surface area (Å²) < 4.78 is 19.8. The molecule has 0 radical (unpaired) electrons.